The van der Waals surface area contributed by atoms with E-state index in [2.05, 4.69) is 15.4 Å². The van der Waals surface area contributed by atoms with Gasteiger partial charge in [0.05, 0.1) is 11.9 Å². The zero-order valence-electron chi connectivity index (χ0n) is 15.3. The van der Waals surface area contributed by atoms with Crippen LogP contribution in [-0.4, -0.2) is 44.0 Å². The molecule has 0 bridgehead atoms. The smallest absolute Gasteiger partial charge is 0.354 e. The van der Waals surface area contributed by atoms with E-state index < -0.39 is 5.97 Å². The molecule has 29 heavy (non-hydrogen) atoms. The molecule has 2 aromatic heterocycles. The van der Waals surface area contributed by atoms with Gasteiger partial charge in [0, 0.05) is 25.6 Å². The van der Waals surface area contributed by atoms with Gasteiger partial charge in [0.25, 0.3) is 5.91 Å². The minimum absolute atomic E-state index is 0. The summed E-state index contributed by atoms with van der Waals surface area (Å²) in [6, 6.07) is 8.28. The standard InChI is InChI=1S/C9H7N3O3.C9H10N2O2.ClH/c1-5(13)7-4-6(9(14)15)11-8-2-3-10-12(7)8;10-4-6-1-2-8-7(3-6)11-9(12)5-13-8;/h2-4H,1H3,(H,14,15);1-3H,4-5,10H2,(H,11,12);1H. The number of aromatic nitrogens is 3. The Labute approximate surface area is 171 Å². The molecule has 152 valence electrons. The monoisotopic (exact) mass is 419 g/mol. The first-order valence-electron chi connectivity index (χ1n) is 8.23. The Bertz CT molecular complexity index is 1080. The number of halogens is 1. The number of carbonyl (C=O) groups excluding carboxylic acids is 2. The van der Waals surface area contributed by atoms with Crippen LogP contribution in [0.25, 0.3) is 5.65 Å². The highest BCUT2D eigenvalue weighted by atomic mass is 35.5. The Morgan fingerprint density at radius 1 is 1.31 bits per heavy atom. The summed E-state index contributed by atoms with van der Waals surface area (Å²) in [7, 11) is 0. The number of carboxylic acid groups (broad SMARTS) is 1. The zero-order chi connectivity index (χ0) is 20.3. The summed E-state index contributed by atoms with van der Waals surface area (Å²) in [5.41, 5.74) is 7.55. The molecule has 0 saturated carbocycles. The topological polar surface area (TPSA) is 149 Å². The lowest BCUT2D eigenvalue weighted by Crippen LogP contribution is -2.25. The largest absolute Gasteiger partial charge is 0.482 e. The van der Waals surface area contributed by atoms with Gasteiger partial charge in [0.2, 0.25) is 0 Å². The first-order chi connectivity index (χ1) is 13.4. The van der Waals surface area contributed by atoms with Gasteiger partial charge in [0.1, 0.15) is 11.4 Å². The van der Waals surface area contributed by atoms with Gasteiger partial charge in [-0.15, -0.1) is 12.4 Å². The van der Waals surface area contributed by atoms with Crippen LogP contribution in [-0.2, 0) is 11.3 Å². The number of carbonyl (C=O) groups is 3. The molecule has 4 N–H and O–H groups in total. The molecule has 4 rings (SSSR count). The van der Waals surface area contributed by atoms with Gasteiger partial charge in [-0.05, 0) is 17.7 Å². The van der Waals surface area contributed by atoms with E-state index in [1.54, 1.807) is 6.07 Å². The van der Waals surface area contributed by atoms with Gasteiger partial charge >= 0.3 is 5.97 Å². The second-order valence-electron chi connectivity index (χ2n) is 5.86. The van der Waals surface area contributed by atoms with E-state index in [1.807, 2.05) is 18.2 Å². The second kappa shape index (κ2) is 9.13. The maximum Gasteiger partial charge on any atom is 0.354 e. The SMILES string of the molecule is CC(=O)c1cc(C(=O)O)nc2ccnn12.Cl.NCc1ccc2c(c1)NC(=O)CO2. The lowest BCUT2D eigenvalue weighted by atomic mass is 10.1. The van der Waals surface area contributed by atoms with E-state index >= 15 is 0 Å². The van der Waals surface area contributed by atoms with Crippen molar-refractivity contribution < 1.29 is 24.2 Å². The predicted octanol–water partition coefficient (Wildman–Crippen LogP) is 1.53. The molecule has 0 saturated heterocycles. The van der Waals surface area contributed by atoms with Crippen molar-refractivity contribution in [1.82, 2.24) is 14.6 Å². The van der Waals surface area contributed by atoms with E-state index in [1.165, 1.54) is 23.7 Å². The zero-order valence-corrected chi connectivity index (χ0v) is 16.1. The summed E-state index contributed by atoms with van der Waals surface area (Å²) >= 11 is 0. The fraction of sp³-hybridized carbons (Fsp3) is 0.167. The van der Waals surface area contributed by atoms with Crippen molar-refractivity contribution in [3.05, 3.63) is 53.5 Å². The average Bonchev–Trinajstić information content (AvgIpc) is 3.15. The summed E-state index contributed by atoms with van der Waals surface area (Å²) in [5, 5.41) is 15.4. The van der Waals surface area contributed by atoms with Crippen LogP contribution in [0.2, 0.25) is 0 Å². The van der Waals surface area contributed by atoms with Crippen molar-refractivity contribution in [2.75, 3.05) is 11.9 Å². The Morgan fingerprint density at radius 2 is 2.07 bits per heavy atom. The number of rotatable bonds is 3. The van der Waals surface area contributed by atoms with Crippen LogP contribution in [0.4, 0.5) is 5.69 Å². The number of aromatic carboxylic acids is 1. The van der Waals surface area contributed by atoms with Crippen molar-refractivity contribution in [1.29, 1.82) is 0 Å². The van der Waals surface area contributed by atoms with E-state index in [0.717, 1.165) is 5.56 Å². The van der Waals surface area contributed by atoms with Crippen LogP contribution < -0.4 is 15.8 Å². The number of hydrogen-bond donors (Lipinski definition) is 3. The van der Waals surface area contributed by atoms with Gasteiger partial charge in [-0.2, -0.15) is 5.10 Å². The summed E-state index contributed by atoms with van der Waals surface area (Å²) in [4.78, 5) is 36.8. The normalized spacial score (nSPS) is 11.9. The third-order valence-corrected chi connectivity index (χ3v) is 3.85. The molecule has 0 atom stereocenters. The highest BCUT2D eigenvalue weighted by Crippen LogP contribution is 2.28. The quantitative estimate of drug-likeness (QED) is 0.541. The third-order valence-electron chi connectivity index (χ3n) is 3.85. The van der Waals surface area contributed by atoms with Gasteiger partial charge in [0.15, 0.2) is 23.7 Å². The Morgan fingerprint density at radius 3 is 2.72 bits per heavy atom. The Kier molecular flexibility index (Phi) is 6.86. The molecule has 1 aliphatic heterocycles. The minimum Gasteiger partial charge on any atom is -0.482 e. The predicted molar refractivity (Wildman–Crippen MR) is 106 cm³/mol. The van der Waals surface area contributed by atoms with Gasteiger partial charge in [-0.1, -0.05) is 6.07 Å². The molecule has 0 aliphatic carbocycles. The van der Waals surface area contributed by atoms with Gasteiger partial charge in [-0.3, -0.25) is 9.59 Å². The van der Waals surface area contributed by atoms with Gasteiger partial charge in [-0.25, -0.2) is 14.3 Å². The molecule has 0 radical (unpaired) electrons. The maximum atomic E-state index is 11.3. The number of Topliss-reactive ketones (excluding diaryl/α,β-unsaturated/α-hetero) is 1. The molecule has 1 amide bonds. The third kappa shape index (κ3) is 4.86. The number of anilines is 1. The number of hydrogen-bond acceptors (Lipinski definition) is 7. The van der Waals surface area contributed by atoms with Crippen molar-refractivity contribution in [3.63, 3.8) is 0 Å². The number of carboxylic acids is 1. The van der Waals surface area contributed by atoms with Crippen LogP contribution in [0, 0.1) is 0 Å². The minimum atomic E-state index is -1.17. The summed E-state index contributed by atoms with van der Waals surface area (Å²) in [6.07, 6.45) is 1.46. The fourth-order valence-corrected chi connectivity index (χ4v) is 2.53. The number of ether oxygens (including phenoxy) is 1. The Balaban J connectivity index is 0.000000202. The molecular weight excluding hydrogens is 402 g/mol. The van der Waals surface area contributed by atoms with Crippen LogP contribution in [0.1, 0.15) is 33.5 Å². The first-order valence-corrected chi connectivity index (χ1v) is 8.23. The van der Waals surface area contributed by atoms with Crippen LogP contribution in [0.3, 0.4) is 0 Å². The molecule has 3 aromatic rings. The number of nitrogens with one attached hydrogen (secondary N) is 1. The Hall–Kier alpha value is -3.50. The first kappa shape index (κ1) is 21.8. The van der Waals surface area contributed by atoms with E-state index in [0.29, 0.717) is 23.6 Å². The molecule has 0 unspecified atom stereocenters. The summed E-state index contributed by atoms with van der Waals surface area (Å²) in [6.45, 7) is 1.90. The molecule has 0 fully saturated rings. The number of fused-ring (bicyclic) bond motifs is 2. The van der Waals surface area contributed by atoms with Crippen LogP contribution in [0.5, 0.6) is 5.75 Å². The van der Waals surface area contributed by atoms with E-state index in [4.69, 9.17) is 15.6 Å². The second-order valence-corrected chi connectivity index (χ2v) is 5.86. The van der Waals surface area contributed by atoms with Crippen molar-refractivity contribution >= 4 is 41.4 Å². The molecule has 1 aliphatic rings. The fourth-order valence-electron chi connectivity index (χ4n) is 2.53. The maximum absolute atomic E-state index is 11.3. The number of ketones is 1. The highest BCUT2D eigenvalue weighted by molar-refractivity contribution is 5.96. The summed E-state index contributed by atoms with van der Waals surface area (Å²) < 4.78 is 6.50. The molecule has 10 nitrogen and oxygen atoms in total. The molecule has 11 heteroatoms. The van der Waals surface area contributed by atoms with Crippen molar-refractivity contribution in [2.45, 2.75) is 13.5 Å². The lowest BCUT2D eigenvalue weighted by molar-refractivity contribution is -0.118. The van der Waals surface area contributed by atoms with Crippen LogP contribution in [0.15, 0.2) is 36.5 Å². The van der Waals surface area contributed by atoms with E-state index in [9.17, 15) is 14.4 Å². The van der Waals surface area contributed by atoms with E-state index in [-0.39, 0.29) is 42.1 Å². The van der Waals surface area contributed by atoms with Crippen molar-refractivity contribution in [2.24, 2.45) is 5.73 Å². The van der Waals surface area contributed by atoms with Crippen molar-refractivity contribution in [3.8, 4) is 5.75 Å². The summed E-state index contributed by atoms with van der Waals surface area (Å²) in [5.74, 6) is -0.840. The molecule has 3 heterocycles. The highest BCUT2D eigenvalue weighted by Gasteiger charge is 2.15. The average molecular weight is 420 g/mol. The number of nitrogens with two attached hydrogens (primary N) is 1. The number of nitrogens with zero attached hydrogens (tertiary/aromatic N) is 3. The van der Waals surface area contributed by atoms with Gasteiger partial charge < -0.3 is 20.9 Å². The molecule has 0 spiro atoms. The lowest BCUT2D eigenvalue weighted by Gasteiger charge is -2.18. The molecular formula is C18H18ClN5O5. The molecule has 1 aromatic carbocycles. The number of benzene rings is 1. The number of amides is 1. The van der Waals surface area contributed by atoms with Crippen LogP contribution >= 0.6 is 12.4 Å².